The number of anilines is 1. The predicted octanol–water partition coefficient (Wildman–Crippen LogP) is 1.59. The van der Waals surface area contributed by atoms with E-state index < -0.39 is 10.0 Å². The van der Waals surface area contributed by atoms with E-state index in [-0.39, 0.29) is 15.4 Å². The van der Waals surface area contributed by atoms with Crippen molar-refractivity contribution in [3.63, 3.8) is 0 Å². The third-order valence-electron chi connectivity index (χ3n) is 2.89. The number of rotatable bonds is 6. The summed E-state index contributed by atoms with van der Waals surface area (Å²) < 4.78 is 26.2. The van der Waals surface area contributed by atoms with Gasteiger partial charge in [-0.25, -0.2) is 13.1 Å². The Kier molecular flexibility index (Phi) is 4.69. The molecule has 0 amide bonds. The minimum Gasteiger partial charge on any atom is -0.374 e. The summed E-state index contributed by atoms with van der Waals surface area (Å²) in [5.41, 5.74) is 6.57. The summed E-state index contributed by atoms with van der Waals surface area (Å²) in [6.45, 7) is 2.41. The molecule has 0 radical (unpaired) electrons. The lowest BCUT2D eigenvalue weighted by atomic mass is 9.98. The second-order valence-corrected chi connectivity index (χ2v) is 7.35. The Hall–Kier alpha value is -1.51. The smallest absolute Gasteiger partial charge is 0.269 e. The summed E-state index contributed by atoms with van der Waals surface area (Å²) in [6.07, 6.45) is 0.706. The van der Waals surface area contributed by atoms with Gasteiger partial charge in [-0.15, -0.1) is 10.2 Å². The molecule has 20 heavy (non-hydrogen) atoms. The van der Waals surface area contributed by atoms with Crippen molar-refractivity contribution in [1.29, 1.82) is 0 Å². The summed E-state index contributed by atoms with van der Waals surface area (Å²) in [5, 5.41) is 7.18. The Morgan fingerprint density at radius 2 is 2.00 bits per heavy atom. The molecule has 0 aliphatic heterocycles. The van der Waals surface area contributed by atoms with E-state index in [2.05, 4.69) is 21.8 Å². The zero-order valence-corrected chi connectivity index (χ0v) is 12.6. The van der Waals surface area contributed by atoms with Gasteiger partial charge in [0, 0.05) is 6.54 Å². The first-order valence-electron chi connectivity index (χ1n) is 6.12. The van der Waals surface area contributed by atoms with Gasteiger partial charge in [-0.2, -0.15) is 0 Å². The highest BCUT2D eigenvalue weighted by atomic mass is 32.2. The van der Waals surface area contributed by atoms with Gasteiger partial charge in [0.15, 0.2) is 0 Å². The van der Waals surface area contributed by atoms with Crippen molar-refractivity contribution in [2.75, 3.05) is 12.3 Å². The van der Waals surface area contributed by atoms with E-state index in [1.54, 1.807) is 0 Å². The highest BCUT2D eigenvalue weighted by Crippen LogP contribution is 2.19. The molecule has 108 valence electrons. The van der Waals surface area contributed by atoms with Crippen LogP contribution in [0.3, 0.4) is 0 Å². The zero-order chi connectivity index (χ0) is 14.6. The van der Waals surface area contributed by atoms with E-state index in [0.717, 1.165) is 11.3 Å². The lowest BCUT2D eigenvalue weighted by Gasteiger charge is -2.11. The summed E-state index contributed by atoms with van der Waals surface area (Å²) in [7, 11) is -3.60. The van der Waals surface area contributed by atoms with Crippen molar-refractivity contribution in [2.24, 2.45) is 0 Å². The van der Waals surface area contributed by atoms with E-state index in [0.29, 0.717) is 13.0 Å². The number of nitrogens with zero attached hydrogens (tertiary/aromatic N) is 2. The molecule has 8 heteroatoms. The lowest BCUT2D eigenvalue weighted by molar-refractivity contribution is 0.570. The quantitative estimate of drug-likeness (QED) is 0.844. The van der Waals surface area contributed by atoms with Gasteiger partial charge < -0.3 is 5.73 Å². The first-order valence-corrected chi connectivity index (χ1v) is 8.42. The standard InChI is InChI=1S/C12H16N4O2S2/c1-9(10-5-3-2-4-6-10)7-8-14-20(17,18)12-16-15-11(13)19-12/h2-6,9,14H,7-8H2,1H3,(H2,13,15). The van der Waals surface area contributed by atoms with Crippen LogP contribution < -0.4 is 10.5 Å². The van der Waals surface area contributed by atoms with Crippen LogP contribution in [-0.2, 0) is 10.0 Å². The number of aromatic nitrogens is 2. The Labute approximate surface area is 122 Å². The van der Waals surface area contributed by atoms with Crippen LogP contribution in [0.15, 0.2) is 34.7 Å². The summed E-state index contributed by atoms with van der Waals surface area (Å²) in [4.78, 5) is 0. The molecule has 0 bridgehead atoms. The van der Waals surface area contributed by atoms with Crippen LogP contribution in [0.4, 0.5) is 5.13 Å². The topological polar surface area (TPSA) is 98.0 Å². The van der Waals surface area contributed by atoms with Gasteiger partial charge in [-0.1, -0.05) is 48.6 Å². The number of benzene rings is 1. The van der Waals surface area contributed by atoms with Gasteiger partial charge in [0.2, 0.25) is 9.47 Å². The molecule has 3 N–H and O–H groups in total. The number of nitrogens with two attached hydrogens (primary N) is 1. The van der Waals surface area contributed by atoms with Gasteiger partial charge in [0.1, 0.15) is 0 Å². The van der Waals surface area contributed by atoms with Gasteiger partial charge in [-0.3, -0.25) is 0 Å². The number of hydrogen-bond donors (Lipinski definition) is 2. The Morgan fingerprint density at radius 3 is 2.60 bits per heavy atom. The fraction of sp³-hybridized carbons (Fsp3) is 0.333. The maximum absolute atomic E-state index is 11.9. The van der Waals surface area contributed by atoms with Crippen molar-refractivity contribution < 1.29 is 8.42 Å². The maximum Gasteiger partial charge on any atom is 0.269 e. The SMILES string of the molecule is CC(CCNS(=O)(=O)c1nnc(N)s1)c1ccccc1. The van der Waals surface area contributed by atoms with Gasteiger partial charge >= 0.3 is 0 Å². The van der Waals surface area contributed by atoms with E-state index in [4.69, 9.17) is 5.73 Å². The largest absolute Gasteiger partial charge is 0.374 e. The molecule has 1 atom stereocenters. The van der Waals surface area contributed by atoms with Crippen LogP contribution in [0.1, 0.15) is 24.8 Å². The van der Waals surface area contributed by atoms with Crippen molar-refractivity contribution in [3.8, 4) is 0 Å². The average Bonchev–Trinajstić information content (AvgIpc) is 2.87. The molecule has 0 fully saturated rings. The lowest BCUT2D eigenvalue weighted by Crippen LogP contribution is -2.25. The predicted molar refractivity (Wildman–Crippen MR) is 79.0 cm³/mol. The number of nitrogen functional groups attached to an aromatic ring is 1. The summed E-state index contributed by atoms with van der Waals surface area (Å²) >= 11 is 0.855. The number of sulfonamides is 1. The third kappa shape index (κ3) is 3.75. The first kappa shape index (κ1) is 14.9. The van der Waals surface area contributed by atoms with Crippen molar-refractivity contribution in [2.45, 2.75) is 23.6 Å². The molecular weight excluding hydrogens is 296 g/mol. The molecule has 1 heterocycles. The second-order valence-electron chi connectivity index (χ2n) is 4.40. The zero-order valence-electron chi connectivity index (χ0n) is 11.0. The minimum absolute atomic E-state index is 0.0950. The molecule has 1 unspecified atom stereocenters. The van der Waals surface area contributed by atoms with Crippen molar-refractivity contribution in [3.05, 3.63) is 35.9 Å². The third-order valence-corrected chi connectivity index (χ3v) is 5.47. The molecule has 1 aromatic carbocycles. The molecule has 0 aliphatic rings. The highest BCUT2D eigenvalue weighted by Gasteiger charge is 2.19. The molecule has 2 aromatic rings. The molecule has 2 rings (SSSR count). The monoisotopic (exact) mass is 312 g/mol. The van der Waals surface area contributed by atoms with Gasteiger partial charge in [-0.05, 0) is 17.9 Å². The molecule has 0 aliphatic carbocycles. The fourth-order valence-corrected chi connectivity index (χ4v) is 3.62. The van der Waals surface area contributed by atoms with E-state index in [1.165, 1.54) is 5.56 Å². The number of hydrogen-bond acceptors (Lipinski definition) is 6. The van der Waals surface area contributed by atoms with Crippen molar-refractivity contribution >= 4 is 26.5 Å². The average molecular weight is 312 g/mol. The molecule has 0 saturated carbocycles. The molecule has 0 saturated heterocycles. The van der Waals surface area contributed by atoms with Crippen LogP contribution in [0.25, 0.3) is 0 Å². The summed E-state index contributed by atoms with van der Waals surface area (Å²) in [5.74, 6) is 0.276. The Balaban J connectivity index is 1.90. The molecule has 1 aromatic heterocycles. The van der Waals surface area contributed by atoms with E-state index in [1.807, 2.05) is 30.3 Å². The molecule has 0 spiro atoms. The van der Waals surface area contributed by atoms with Crippen LogP contribution in [0.2, 0.25) is 0 Å². The van der Waals surface area contributed by atoms with Gasteiger partial charge in [0.05, 0.1) is 0 Å². The fourth-order valence-electron chi connectivity index (χ4n) is 1.75. The Morgan fingerprint density at radius 1 is 1.30 bits per heavy atom. The van der Waals surface area contributed by atoms with Crippen LogP contribution in [-0.4, -0.2) is 25.2 Å². The second kappa shape index (κ2) is 6.29. The van der Waals surface area contributed by atoms with E-state index in [9.17, 15) is 8.42 Å². The highest BCUT2D eigenvalue weighted by molar-refractivity contribution is 7.91. The Bertz CT molecular complexity index is 655. The first-order chi connectivity index (χ1) is 9.49. The van der Waals surface area contributed by atoms with Crippen molar-refractivity contribution in [1.82, 2.24) is 14.9 Å². The van der Waals surface area contributed by atoms with Gasteiger partial charge in [0.25, 0.3) is 10.0 Å². The van der Waals surface area contributed by atoms with Crippen LogP contribution in [0.5, 0.6) is 0 Å². The van der Waals surface area contributed by atoms with E-state index >= 15 is 0 Å². The van der Waals surface area contributed by atoms with Crippen LogP contribution in [0, 0.1) is 0 Å². The number of nitrogens with one attached hydrogen (secondary N) is 1. The maximum atomic E-state index is 11.9. The molecule has 6 nitrogen and oxygen atoms in total. The van der Waals surface area contributed by atoms with Crippen LogP contribution >= 0.6 is 11.3 Å². The molecular formula is C12H16N4O2S2. The normalized spacial score (nSPS) is 13.2. The summed E-state index contributed by atoms with van der Waals surface area (Å²) in [6, 6.07) is 9.97. The minimum atomic E-state index is -3.60.